The normalized spacial score (nSPS) is 14.9. The third-order valence-corrected chi connectivity index (χ3v) is 1.16. The van der Waals surface area contributed by atoms with E-state index in [0.717, 1.165) is 13.3 Å². The molecule has 1 aromatic rings. The summed E-state index contributed by atoms with van der Waals surface area (Å²) >= 11 is 0. The molecule has 0 spiro atoms. The van der Waals surface area contributed by atoms with Crippen LogP contribution < -0.4 is 0 Å². The summed E-state index contributed by atoms with van der Waals surface area (Å²) in [6.07, 6.45) is -1.07. The first-order valence-electron chi connectivity index (χ1n) is 2.84. The van der Waals surface area contributed by atoms with E-state index >= 15 is 0 Å². The Morgan fingerprint density at radius 1 is 1.64 bits per heavy atom. The van der Waals surface area contributed by atoms with Crippen molar-refractivity contribution in [3.8, 4) is 0 Å². The summed E-state index contributed by atoms with van der Waals surface area (Å²) in [6, 6.07) is -3.44. The Kier molecular flexibility index (Phi) is 1.81. The largest absolute Gasteiger partial charge is 0.385 e. The van der Waals surface area contributed by atoms with E-state index in [9.17, 15) is 8.78 Å². The average molecular weight is 164 g/mol. The van der Waals surface area contributed by atoms with E-state index in [0.29, 0.717) is 0 Å². The third kappa shape index (κ3) is 1.32. The molecule has 0 bridgehead atoms. The molecule has 0 aromatic carbocycles. The second-order valence-corrected chi connectivity index (χ2v) is 2.02. The molecule has 1 N–H and O–H groups in total. The fourth-order valence-corrected chi connectivity index (χ4v) is 0.489. The Morgan fingerprint density at radius 3 is 2.64 bits per heavy atom. The maximum atomic E-state index is 12.7. The molecular weight excluding hydrogens is 158 g/mol. The van der Waals surface area contributed by atoms with Crippen LogP contribution >= 0.6 is 0 Å². The van der Waals surface area contributed by atoms with Gasteiger partial charge in [-0.15, -0.1) is 5.10 Å². The minimum atomic E-state index is -3.44. The van der Waals surface area contributed by atoms with Crippen LogP contribution in [-0.4, -0.2) is 31.4 Å². The van der Waals surface area contributed by atoms with Gasteiger partial charge in [0.25, 0.3) is 0 Å². The zero-order chi connectivity index (χ0) is 8.48. The van der Waals surface area contributed by atoms with Crippen molar-refractivity contribution in [3.63, 3.8) is 0 Å². The van der Waals surface area contributed by atoms with Gasteiger partial charge in [-0.2, -0.15) is 13.5 Å². The molecule has 11 heavy (non-hydrogen) atoms. The van der Waals surface area contributed by atoms with Crippen LogP contribution in [0.4, 0.5) is 8.78 Å². The van der Waals surface area contributed by atoms with Crippen molar-refractivity contribution in [3.05, 3.63) is 6.33 Å². The summed E-state index contributed by atoms with van der Waals surface area (Å²) in [5.74, 6) is 0. The number of aliphatic hydroxyl groups is 1. The van der Waals surface area contributed by atoms with Gasteiger partial charge in [-0.3, -0.25) is 0 Å². The predicted octanol–water partition coefficient (Wildman–Crippen LogP) is -0.397. The topological polar surface area (TPSA) is 63.8 Å². The maximum absolute atomic E-state index is 12.7. The standard InChI is InChI=1S/C4H6F2N4O/c1-3(11)4(5,6)10-2-7-8-9-10/h2-3,11H,1H3. The summed E-state index contributed by atoms with van der Waals surface area (Å²) < 4.78 is 25.6. The fourth-order valence-electron chi connectivity index (χ4n) is 0.489. The number of rotatable bonds is 2. The molecule has 0 saturated heterocycles. The van der Waals surface area contributed by atoms with Crippen LogP contribution in [0.1, 0.15) is 6.92 Å². The number of nitrogens with zero attached hydrogens (tertiary/aromatic N) is 4. The summed E-state index contributed by atoms with van der Waals surface area (Å²) in [7, 11) is 0. The highest BCUT2D eigenvalue weighted by Crippen LogP contribution is 2.22. The van der Waals surface area contributed by atoms with Gasteiger partial charge in [0.1, 0.15) is 12.4 Å². The van der Waals surface area contributed by atoms with Crippen LogP contribution in [0.2, 0.25) is 0 Å². The zero-order valence-corrected chi connectivity index (χ0v) is 5.65. The average Bonchev–Trinajstić information content (AvgIpc) is 2.37. The maximum Gasteiger partial charge on any atom is 0.371 e. The molecule has 1 aromatic heterocycles. The first-order valence-corrected chi connectivity index (χ1v) is 2.84. The highest BCUT2D eigenvalue weighted by atomic mass is 19.3. The van der Waals surface area contributed by atoms with Gasteiger partial charge in [0.05, 0.1) is 0 Å². The Morgan fingerprint density at radius 2 is 2.27 bits per heavy atom. The summed E-state index contributed by atoms with van der Waals surface area (Å²) in [5.41, 5.74) is 0. The minimum Gasteiger partial charge on any atom is -0.385 e. The van der Waals surface area contributed by atoms with E-state index in [1.165, 1.54) is 0 Å². The number of aromatic nitrogens is 4. The van der Waals surface area contributed by atoms with Gasteiger partial charge in [-0.1, -0.05) is 0 Å². The van der Waals surface area contributed by atoms with Crippen molar-refractivity contribution < 1.29 is 13.9 Å². The summed E-state index contributed by atoms with van der Waals surface area (Å²) in [5, 5.41) is 17.6. The van der Waals surface area contributed by atoms with Crippen molar-refractivity contribution in [2.75, 3.05) is 0 Å². The Hall–Kier alpha value is -1.11. The van der Waals surface area contributed by atoms with Crippen LogP contribution in [0.15, 0.2) is 6.33 Å². The smallest absolute Gasteiger partial charge is 0.371 e. The van der Waals surface area contributed by atoms with Crippen molar-refractivity contribution in [1.29, 1.82) is 0 Å². The number of hydrogen-bond acceptors (Lipinski definition) is 4. The quantitative estimate of drug-likeness (QED) is 0.646. The third-order valence-electron chi connectivity index (χ3n) is 1.16. The Labute approximate surface area is 60.6 Å². The highest BCUT2D eigenvalue weighted by molar-refractivity contribution is 4.67. The van der Waals surface area contributed by atoms with Gasteiger partial charge < -0.3 is 5.11 Å². The molecule has 1 unspecified atom stereocenters. The molecule has 0 amide bonds. The van der Waals surface area contributed by atoms with E-state index < -0.39 is 12.2 Å². The van der Waals surface area contributed by atoms with Crippen molar-refractivity contribution in [2.24, 2.45) is 0 Å². The summed E-state index contributed by atoms with van der Waals surface area (Å²) in [4.78, 5) is 0. The molecule has 1 heterocycles. The number of hydrogen-bond donors (Lipinski definition) is 1. The lowest BCUT2D eigenvalue weighted by atomic mass is 10.3. The first kappa shape index (κ1) is 7.99. The molecule has 62 valence electrons. The lowest BCUT2D eigenvalue weighted by Crippen LogP contribution is -2.35. The van der Waals surface area contributed by atoms with Gasteiger partial charge >= 0.3 is 6.05 Å². The molecule has 0 fully saturated rings. The van der Waals surface area contributed by atoms with Gasteiger partial charge in [-0.25, -0.2) is 0 Å². The van der Waals surface area contributed by atoms with Crippen LogP contribution in [0.25, 0.3) is 0 Å². The van der Waals surface area contributed by atoms with Crippen molar-refractivity contribution >= 4 is 0 Å². The molecule has 0 radical (unpaired) electrons. The van der Waals surface area contributed by atoms with Crippen molar-refractivity contribution in [2.45, 2.75) is 19.1 Å². The molecule has 0 aliphatic carbocycles. The van der Waals surface area contributed by atoms with Gasteiger partial charge in [0, 0.05) is 0 Å². The second-order valence-electron chi connectivity index (χ2n) is 2.02. The van der Waals surface area contributed by atoms with Crippen LogP contribution in [-0.2, 0) is 6.05 Å². The number of aliphatic hydroxyl groups excluding tert-OH is 1. The SMILES string of the molecule is CC(O)C(F)(F)n1cnnn1. The summed E-state index contributed by atoms with van der Waals surface area (Å²) in [6.45, 7) is 0.960. The Balaban J connectivity index is 2.90. The zero-order valence-electron chi connectivity index (χ0n) is 5.65. The van der Waals surface area contributed by atoms with Crippen LogP contribution in [0.5, 0.6) is 0 Å². The highest BCUT2D eigenvalue weighted by Gasteiger charge is 2.38. The van der Waals surface area contributed by atoms with Crippen molar-refractivity contribution in [1.82, 2.24) is 20.2 Å². The van der Waals surface area contributed by atoms with Gasteiger partial charge in [0.15, 0.2) is 0 Å². The first-order chi connectivity index (χ1) is 5.05. The van der Waals surface area contributed by atoms with Crippen LogP contribution in [0.3, 0.4) is 0 Å². The molecule has 7 heteroatoms. The van der Waals surface area contributed by atoms with E-state index in [-0.39, 0.29) is 4.68 Å². The van der Waals surface area contributed by atoms with Crippen LogP contribution in [0, 0.1) is 0 Å². The molecule has 1 rings (SSSR count). The minimum absolute atomic E-state index is 0.206. The molecular formula is C4H6F2N4O. The van der Waals surface area contributed by atoms with Gasteiger partial charge in [-0.05, 0) is 17.4 Å². The van der Waals surface area contributed by atoms with E-state index in [1.54, 1.807) is 0 Å². The molecule has 0 aliphatic heterocycles. The Bertz CT molecular complexity index is 222. The molecule has 1 atom stereocenters. The second kappa shape index (κ2) is 2.50. The van der Waals surface area contributed by atoms with Gasteiger partial charge in [0.2, 0.25) is 0 Å². The fraction of sp³-hybridized carbons (Fsp3) is 0.750. The lowest BCUT2D eigenvalue weighted by Gasteiger charge is -2.17. The number of tetrazole rings is 1. The van der Waals surface area contributed by atoms with E-state index in [1.807, 2.05) is 0 Å². The predicted molar refractivity (Wildman–Crippen MR) is 29.7 cm³/mol. The number of halogens is 2. The molecule has 5 nitrogen and oxygen atoms in total. The lowest BCUT2D eigenvalue weighted by molar-refractivity contribution is -0.173. The number of alkyl halides is 2. The van der Waals surface area contributed by atoms with E-state index in [4.69, 9.17) is 5.11 Å². The van der Waals surface area contributed by atoms with E-state index in [2.05, 4.69) is 15.5 Å². The molecule has 0 saturated carbocycles. The monoisotopic (exact) mass is 164 g/mol. The molecule has 0 aliphatic rings.